The summed E-state index contributed by atoms with van der Waals surface area (Å²) in [6, 6.07) is 3.08. The summed E-state index contributed by atoms with van der Waals surface area (Å²) in [6.07, 6.45) is 2.92. The molecule has 0 saturated carbocycles. The van der Waals surface area contributed by atoms with Crippen molar-refractivity contribution in [3.63, 3.8) is 0 Å². The van der Waals surface area contributed by atoms with Crippen molar-refractivity contribution in [3.8, 4) is 0 Å². The number of nitrogen functional groups attached to an aromatic ring is 1. The fourth-order valence-corrected chi connectivity index (χ4v) is 1.54. The fourth-order valence-electron chi connectivity index (χ4n) is 1.54. The molecule has 1 aromatic heterocycles. The van der Waals surface area contributed by atoms with E-state index in [0.717, 1.165) is 18.2 Å². The number of carbonyl (C=O) groups excluding carboxylic acids is 1. The second-order valence-corrected chi connectivity index (χ2v) is 3.98. The van der Waals surface area contributed by atoms with E-state index in [1.165, 1.54) is 17.1 Å². The van der Waals surface area contributed by atoms with Gasteiger partial charge in [-0.1, -0.05) is 0 Å². The van der Waals surface area contributed by atoms with Gasteiger partial charge in [-0.25, -0.2) is 8.78 Å². The minimum absolute atomic E-state index is 0.0336. The largest absolute Gasteiger partial charge is 0.396 e. The molecule has 0 saturated heterocycles. The molecule has 0 atom stereocenters. The molecule has 5 nitrogen and oxygen atoms in total. The molecule has 19 heavy (non-hydrogen) atoms. The van der Waals surface area contributed by atoms with Crippen molar-refractivity contribution < 1.29 is 13.6 Å². The van der Waals surface area contributed by atoms with E-state index in [4.69, 9.17) is 5.73 Å². The lowest BCUT2D eigenvalue weighted by Gasteiger charge is -2.06. The molecule has 0 unspecified atom stereocenters. The molecule has 1 amide bonds. The Bertz CT molecular complexity index is 597. The van der Waals surface area contributed by atoms with Crippen molar-refractivity contribution in [2.75, 3.05) is 5.73 Å². The average Bonchev–Trinajstić information content (AvgIpc) is 2.76. The van der Waals surface area contributed by atoms with Gasteiger partial charge in [0.05, 0.1) is 11.9 Å². The number of benzene rings is 1. The average molecular weight is 266 g/mol. The molecule has 100 valence electrons. The molecule has 0 aliphatic carbocycles. The first-order valence-electron chi connectivity index (χ1n) is 5.53. The molecule has 1 aromatic carbocycles. The summed E-state index contributed by atoms with van der Waals surface area (Å²) < 4.78 is 27.6. The second-order valence-electron chi connectivity index (χ2n) is 3.98. The van der Waals surface area contributed by atoms with Gasteiger partial charge >= 0.3 is 0 Å². The van der Waals surface area contributed by atoms with Gasteiger partial charge in [0.25, 0.3) is 0 Å². The summed E-state index contributed by atoms with van der Waals surface area (Å²) >= 11 is 0. The lowest BCUT2D eigenvalue weighted by molar-refractivity contribution is -0.122. The normalized spacial score (nSPS) is 10.4. The van der Waals surface area contributed by atoms with Crippen LogP contribution in [0, 0.1) is 11.6 Å². The number of hydrogen-bond donors (Lipinski definition) is 2. The van der Waals surface area contributed by atoms with Gasteiger partial charge in [0.15, 0.2) is 0 Å². The highest BCUT2D eigenvalue weighted by Gasteiger charge is 2.07. The van der Waals surface area contributed by atoms with Gasteiger partial charge in [0.1, 0.15) is 18.2 Å². The van der Waals surface area contributed by atoms with Crippen LogP contribution < -0.4 is 11.1 Å². The maximum absolute atomic E-state index is 13.3. The second kappa shape index (κ2) is 5.47. The number of rotatable bonds is 4. The number of carbonyl (C=O) groups is 1. The molecule has 2 rings (SSSR count). The zero-order chi connectivity index (χ0) is 13.8. The van der Waals surface area contributed by atoms with Crippen LogP contribution in [0.25, 0.3) is 0 Å². The number of anilines is 1. The van der Waals surface area contributed by atoms with Gasteiger partial charge in [-0.2, -0.15) is 5.10 Å². The van der Waals surface area contributed by atoms with E-state index in [-0.39, 0.29) is 24.6 Å². The van der Waals surface area contributed by atoms with E-state index >= 15 is 0 Å². The third kappa shape index (κ3) is 3.51. The number of nitrogens with zero attached hydrogens (tertiary/aromatic N) is 2. The smallest absolute Gasteiger partial charge is 0.242 e. The van der Waals surface area contributed by atoms with Crippen LogP contribution >= 0.6 is 0 Å². The topological polar surface area (TPSA) is 72.9 Å². The van der Waals surface area contributed by atoms with E-state index in [1.54, 1.807) is 0 Å². The third-order valence-corrected chi connectivity index (χ3v) is 2.44. The number of aromatic nitrogens is 2. The Hall–Kier alpha value is -2.44. The molecule has 0 fully saturated rings. The number of halogens is 2. The quantitative estimate of drug-likeness (QED) is 0.869. The Morgan fingerprint density at radius 2 is 2.21 bits per heavy atom. The Kier molecular flexibility index (Phi) is 3.74. The van der Waals surface area contributed by atoms with Crippen molar-refractivity contribution in [2.24, 2.45) is 0 Å². The first kappa shape index (κ1) is 13.0. The lowest BCUT2D eigenvalue weighted by Crippen LogP contribution is -2.27. The van der Waals surface area contributed by atoms with Gasteiger partial charge in [-0.3, -0.25) is 9.48 Å². The van der Waals surface area contributed by atoms with Crippen LogP contribution in [0.3, 0.4) is 0 Å². The lowest BCUT2D eigenvalue weighted by atomic mass is 10.2. The molecule has 3 N–H and O–H groups in total. The molecule has 0 bridgehead atoms. The van der Waals surface area contributed by atoms with Gasteiger partial charge in [-0.05, 0) is 18.2 Å². The maximum atomic E-state index is 13.3. The Balaban J connectivity index is 1.91. The first-order chi connectivity index (χ1) is 9.04. The van der Waals surface area contributed by atoms with Crippen LogP contribution in [0.5, 0.6) is 0 Å². The molecule has 0 spiro atoms. The monoisotopic (exact) mass is 266 g/mol. The summed E-state index contributed by atoms with van der Waals surface area (Å²) in [4.78, 5) is 11.6. The van der Waals surface area contributed by atoms with E-state index in [2.05, 4.69) is 10.4 Å². The van der Waals surface area contributed by atoms with Crippen LogP contribution in [0.15, 0.2) is 30.6 Å². The highest BCUT2D eigenvalue weighted by Crippen LogP contribution is 2.09. The van der Waals surface area contributed by atoms with Crippen LogP contribution in [-0.2, 0) is 17.9 Å². The Morgan fingerprint density at radius 3 is 2.89 bits per heavy atom. The number of amides is 1. The van der Waals surface area contributed by atoms with Crippen LogP contribution in [-0.4, -0.2) is 15.7 Å². The first-order valence-corrected chi connectivity index (χ1v) is 5.53. The van der Waals surface area contributed by atoms with Gasteiger partial charge in [0, 0.05) is 18.3 Å². The van der Waals surface area contributed by atoms with E-state index in [0.29, 0.717) is 5.69 Å². The summed E-state index contributed by atoms with van der Waals surface area (Å²) in [5.41, 5.74) is 5.99. The third-order valence-electron chi connectivity index (χ3n) is 2.44. The van der Waals surface area contributed by atoms with Gasteiger partial charge < -0.3 is 11.1 Å². The van der Waals surface area contributed by atoms with E-state index < -0.39 is 11.6 Å². The number of hydrogen-bond acceptors (Lipinski definition) is 3. The van der Waals surface area contributed by atoms with Crippen molar-refractivity contribution in [1.82, 2.24) is 15.1 Å². The van der Waals surface area contributed by atoms with Crippen molar-refractivity contribution in [3.05, 3.63) is 47.8 Å². The molecular formula is C12H12F2N4O. The minimum atomic E-state index is -0.565. The predicted octanol–water partition coefficient (Wildman–Crippen LogP) is 1.06. The molecular weight excluding hydrogens is 254 g/mol. The summed E-state index contributed by atoms with van der Waals surface area (Å²) in [7, 11) is 0. The van der Waals surface area contributed by atoms with Crippen molar-refractivity contribution in [2.45, 2.75) is 13.1 Å². The van der Waals surface area contributed by atoms with Gasteiger partial charge in [0.2, 0.25) is 5.91 Å². The van der Waals surface area contributed by atoms with Crippen LogP contribution in [0.2, 0.25) is 0 Å². The molecule has 0 aliphatic heterocycles. The standard InChI is InChI=1S/C12H12F2N4O/c13-9-1-2-11(14)8(3-9)4-16-12(19)7-18-6-10(15)5-17-18/h1-3,5-6H,4,7,15H2,(H,16,19). The van der Waals surface area contributed by atoms with Crippen molar-refractivity contribution in [1.29, 1.82) is 0 Å². The SMILES string of the molecule is Nc1cnn(CC(=O)NCc2cc(F)ccc2F)c1. The fraction of sp³-hybridized carbons (Fsp3) is 0.167. The summed E-state index contributed by atoms with van der Waals surface area (Å²) in [6.45, 7) is -0.118. The molecule has 0 aliphatic rings. The highest BCUT2D eigenvalue weighted by atomic mass is 19.1. The Labute approximate surface area is 108 Å². The van der Waals surface area contributed by atoms with Crippen molar-refractivity contribution >= 4 is 11.6 Å². The molecule has 1 heterocycles. The van der Waals surface area contributed by atoms with E-state index in [1.807, 2.05) is 0 Å². The van der Waals surface area contributed by atoms with Gasteiger partial charge in [-0.15, -0.1) is 0 Å². The zero-order valence-corrected chi connectivity index (χ0v) is 9.94. The highest BCUT2D eigenvalue weighted by molar-refractivity contribution is 5.75. The maximum Gasteiger partial charge on any atom is 0.242 e. The minimum Gasteiger partial charge on any atom is -0.396 e. The van der Waals surface area contributed by atoms with Crippen LogP contribution in [0.1, 0.15) is 5.56 Å². The number of nitrogens with two attached hydrogens (primary N) is 1. The zero-order valence-electron chi connectivity index (χ0n) is 9.94. The molecule has 2 aromatic rings. The molecule has 7 heteroatoms. The predicted molar refractivity (Wildman–Crippen MR) is 64.8 cm³/mol. The summed E-state index contributed by atoms with van der Waals surface area (Å²) in [5, 5.41) is 6.32. The molecule has 0 radical (unpaired) electrons. The van der Waals surface area contributed by atoms with Crippen LogP contribution in [0.4, 0.5) is 14.5 Å². The van der Waals surface area contributed by atoms with E-state index in [9.17, 15) is 13.6 Å². The number of nitrogens with one attached hydrogen (secondary N) is 1. The summed E-state index contributed by atoms with van der Waals surface area (Å²) in [5.74, 6) is -1.48. The Morgan fingerprint density at radius 1 is 1.42 bits per heavy atom.